The summed E-state index contributed by atoms with van der Waals surface area (Å²) < 4.78 is 5.68. The summed E-state index contributed by atoms with van der Waals surface area (Å²) >= 11 is 0. The fourth-order valence-corrected chi connectivity index (χ4v) is 2.05. The zero-order chi connectivity index (χ0) is 15.1. The molecule has 0 aliphatic carbocycles. The maximum Gasteiger partial charge on any atom is 0.144 e. The second-order valence-corrected chi connectivity index (χ2v) is 5.06. The van der Waals surface area contributed by atoms with Crippen molar-refractivity contribution < 1.29 is 4.74 Å². The maximum absolute atomic E-state index is 5.94. The summed E-state index contributed by atoms with van der Waals surface area (Å²) in [5.41, 5.74) is 8.83. The summed E-state index contributed by atoms with van der Waals surface area (Å²) in [5, 5.41) is 0. The van der Waals surface area contributed by atoms with Gasteiger partial charge in [0.05, 0.1) is 12.3 Å². The Hall–Kier alpha value is -2.23. The first-order valence-electron chi connectivity index (χ1n) is 7.34. The van der Waals surface area contributed by atoms with Gasteiger partial charge in [-0.15, -0.1) is 0 Å². The van der Waals surface area contributed by atoms with Crippen molar-refractivity contribution >= 4 is 11.4 Å². The molecule has 21 heavy (non-hydrogen) atoms. The predicted molar refractivity (Wildman–Crippen MR) is 87.9 cm³/mol. The van der Waals surface area contributed by atoms with Gasteiger partial charge in [0.2, 0.25) is 0 Å². The van der Waals surface area contributed by atoms with Crippen LogP contribution in [0.5, 0.6) is 5.75 Å². The Morgan fingerprint density at radius 2 is 2.10 bits per heavy atom. The highest BCUT2D eigenvalue weighted by molar-refractivity contribution is 5.62. The Kier molecular flexibility index (Phi) is 5.43. The van der Waals surface area contributed by atoms with Crippen molar-refractivity contribution in [3.63, 3.8) is 0 Å². The number of rotatable bonds is 7. The molecule has 1 aromatic carbocycles. The minimum atomic E-state index is 0.685. The van der Waals surface area contributed by atoms with E-state index in [2.05, 4.69) is 23.9 Å². The molecular weight excluding hydrogens is 262 g/mol. The number of anilines is 2. The van der Waals surface area contributed by atoms with Crippen LogP contribution in [0.2, 0.25) is 0 Å². The molecule has 0 atom stereocenters. The normalized spacial score (nSPS) is 10.4. The van der Waals surface area contributed by atoms with Gasteiger partial charge in [0.1, 0.15) is 5.75 Å². The van der Waals surface area contributed by atoms with Crippen LogP contribution in [-0.4, -0.2) is 25.2 Å². The molecule has 0 spiro atoms. The van der Waals surface area contributed by atoms with Gasteiger partial charge in [0, 0.05) is 43.7 Å². The first-order chi connectivity index (χ1) is 10.2. The molecule has 2 aromatic rings. The number of nitrogens with two attached hydrogens (primary N) is 1. The van der Waals surface area contributed by atoms with Crippen LogP contribution in [0.1, 0.15) is 19.0 Å². The fraction of sp³-hybridized carbons (Fsp3) is 0.353. The molecule has 1 heterocycles. The van der Waals surface area contributed by atoms with Crippen LogP contribution >= 0.6 is 0 Å². The molecule has 0 aliphatic heterocycles. The molecule has 0 fully saturated rings. The lowest BCUT2D eigenvalue weighted by atomic mass is 10.2. The molecule has 0 amide bonds. The summed E-state index contributed by atoms with van der Waals surface area (Å²) in [6.07, 6.45) is 3.71. The van der Waals surface area contributed by atoms with Gasteiger partial charge in [0.15, 0.2) is 0 Å². The van der Waals surface area contributed by atoms with Crippen molar-refractivity contribution in [3.8, 4) is 5.75 Å². The molecule has 0 saturated heterocycles. The number of benzene rings is 1. The molecule has 2 rings (SSSR count). The molecule has 0 bridgehead atoms. The van der Waals surface area contributed by atoms with Crippen molar-refractivity contribution in [3.05, 3.63) is 48.3 Å². The molecule has 4 nitrogen and oxygen atoms in total. The number of aromatic nitrogens is 1. The van der Waals surface area contributed by atoms with E-state index in [0.717, 1.165) is 36.5 Å². The molecule has 0 unspecified atom stereocenters. The molecular formula is C17H23N3O. The number of pyridine rings is 1. The second kappa shape index (κ2) is 7.53. The van der Waals surface area contributed by atoms with E-state index in [9.17, 15) is 0 Å². The Morgan fingerprint density at radius 1 is 1.24 bits per heavy atom. The first kappa shape index (κ1) is 15.2. The highest BCUT2D eigenvalue weighted by Crippen LogP contribution is 2.27. The average molecular weight is 285 g/mol. The van der Waals surface area contributed by atoms with E-state index >= 15 is 0 Å². The standard InChI is InChI=1S/C17H23N3O/c1-3-12-21-17-13-15(7-8-16(17)18)20(2)11-9-14-6-4-5-10-19-14/h4-8,10,13H,3,9,11-12,18H2,1-2H3. The zero-order valence-corrected chi connectivity index (χ0v) is 12.7. The van der Waals surface area contributed by atoms with Gasteiger partial charge in [-0.3, -0.25) is 4.98 Å². The maximum atomic E-state index is 5.94. The van der Waals surface area contributed by atoms with Crippen LogP contribution in [0.15, 0.2) is 42.6 Å². The highest BCUT2D eigenvalue weighted by atomic mass is 16.5. The molecule has 0 radical (unpaired) electrons. The largest absolute Gasteiger partial charge is 0.491 e. The van der Waals surface area contributed by atoms with E-state index in [0.29, 0.717) is 12.3 Å². The van der Waals surface area contributed by atoms with Gasteiger partial charge in [-0.25, -0.2) is 0 Å². The van der Waals surface area contributed by atoms with E-state index in [1.807, 2.05) is 42.6 Å². The topological polar surface area (TPSA) is 51.4 Å². The molecule has 2 N–H and O–H groups in total. The zero-order valence-electron chi connectivity index (χ0n) is 12.7. The van der Waals surface area contributed by atoms with Crippen molar-refractivity contribution in [2.75, 3.05) is 30.8 Å². The average Bonchev–Trinajstić information content (AvgIpc) is 2.53. The number of hydrogen-bond donors (Lipinski definition) is 1. The SMILES string of the molecule is CCCOc1cc(N(C)CCc2ccccn2)ccc1N. The van der Waals surface area contributed by atoms with E-state index in [4.69, 9.17) is 10.5 Å². The Labute approximate surface area is 126 Å². The number of hydrogen-bond acceptors (Lipinski definition) is 4. The third-order valence-corrected chi connectivity index (χ3v) is 3.33. The lowest BCUT2D eigenvalue weighted by molar-refractivity contribution is 0.319. The second-order valence-electron chi connectivity index (χ2n) is 5.06. The van der Waals surface area contributed by atoms with E-state index < -0.39 is 0 Å². The quantitative estimate of drug-likeness (QED) is 0.794. The fourth-order valence-electron chi connectivity index (χ4n) is 2.05. The highest BCUT2D eigenvalue weighted by Gasteiger charge is 2.06. The van der Waals surface area contributed by atoms with E-state index in [1.54, 1.807) is 0 Å². The number of nitrogens with zero attached hydrogens (tertiary/aromatic N) is 2. The van der Waals surface area contributed by atoms with Gasteiger partial charge in [0.25, 0.3) is 0 Å². The van der Waals surface area contributed by atoms with Crippen molar-refractivity contribution in [2.24, 2.45) is 0 Å². The Morgan fingerprint density at radius 3 is 2.81 bits per heavy atom. The summed E-state index contributed by atoms with van der Waals surface area (Å²) in [4.78, 5) is 6.53. The molecule has 0 aliphatic rings. The lowest BCUT2D eigenvalue weighted by Gasteiger charge is -2.20. The Balaban J connectivity index is 2.00. The first-order valence-corrected chi connectivity index (χ1v) is 7.34. The van der Waals surface area contributed by atoms with Crippen LogP contribution < -0.4 is 15.4 Å². The summed E-state index contributed by atoms with van der Waals surface area (Å²) in [5.74, 6) is 0.763. The predicted octanol–water partition coefficient (Wildman–Crippen LogP) is 3.13. The van der Waals surface area contributed by atoms with Gasteiger partial charge < -0.3 is 15.4 Å². The third-order valence-electron chi connectivity index (χ3n) is 3.33. The smallest absolute Gasteiger partial charge is 0.144 e. The van der Waals surface area contributed by atoms with Crippen LogP contribution in [0.4, 0.5) is 11.4 Å². The van der Waals surface area contributed by atoms with Crippen molar-refractivity contribution in [1.29, 1.82) is 0 Å². The molecule has 112 valence electrons. The molecule has 1 aromatic heterocycles. The Bertz CT molecular complexity index is 557. The number of likely N-dealkylation sites (N-methyl/N-ethyl adjacent to an activating group) is 1. The summed E-state index contributed by atoms with van der Waals surface area (Å²) in [7, 11) is 2.07. The van der Waals surface area contributed by atoms with Crippen LogP contribution in [0, 0.1) is 0 Å². The minimum absolute atomic E-state index is 0.685. The summed E-state index contributed by atoms with van der Waals surface area (Å²) in [6, 6.07) is 11.9. The van der Waals surface area contributed by atoms with Crippen molar-refractivity contribution in [2.45, 2.75) is 19.8 Å². The van der Waals surface area contributed by atoms with Gasteiger partial charge in [-0.2, -0.15) is 0 Å². The van der Waals surface area contributed by atoms with Crippen LogP contribution in [-0.2, 0) is 6.42 Å². The number of nitrogen functional groups attached to an aromatic ring is 1. The van der Waals surface area contributed by atoms with Gasteiger partial charge >= 0.3 is 0 Å². The van der Waals surface area contributed by atoms with Gasteiger partial charge in [-0.1, -0.05) is 13.0 Å². The van der Waals surface area contributed by atoms with Crippen molar-refractivity contribution in [1.82, 2.24) is 4.98 Å². The van der Waals surface area contributed by atoms with E-state index in [-0.39, 0.29) is 0 Å². The molecule has 4 heteroatoms. The minimum Gasteiger partial charge on any atom is -0.491 e. The lowest BCUT2D eigenvalue weighted by Crippen LogP contribution is -2.20. The molecule has 0 saturated carbocycles. The third kappa shape index (κ3) is 4.38. The van der Waals surface area contributed by atoms with E-state index in [1.165, 1.54) is 0 Å². The van der Waals surface area contributed by atoms with Gasteiger partial charge in [-0.05, 0) is 30.7 Å². The monoisotopic (exact) mass is 285 g/mol. The number of ether oxygens (including phenoxy) is 1. The van der Waals surface area contributed by atoms with Crippen LogP contribution in [0.25, 0.3) is 0 Å². The summed E-state index contributed by atoms with van der Waals surface area (Å²) in [6.45, 7) is 3.67. The van der Waals surface area contributed by atoms with Crippen LogP contribution in [0.3, 0.4) is 0 Å².